The summed E-state index contributed by atoms with van der Waals surface area (Å²) in [6, 6.07) is 1.39. The van der Waals surface area contributed by atoms with E-state index in [1.54, 1.807) is 48.5 Å². The molecule has 10 heteroatoms. The Morgan fingerprint density at radius 2 is 1.74 bits per heavy atom. The topological polar surface area (TPSA) is 88.5 Å². The van der Waals surface area contributed by atoms with Crippen molar-refractivity contribution < 1.29 is 27.6 Å². The number of hydrogen-bond donors (Lipinski definition) is 2. The van der Waals surface area contributed by atoms with Crippen LogP contribution in [0, 0.1) is 0 Å². The predicted octanol–water partition coefficient (Wildman–Crippen LogP) is 4.50. The molecule has 0 saturated heterocycles. The number of amides is 1. The van der Waals surface area contributed by atoms with Crippen molar-refractivity contribution in [3.05, 3.63) is 23.4 Å². The average molecular weight is 409 g/mol. The summed E-state index contributed by atoms with van der Waals surface area (Å²) in [7, 11) is 0. The molecule has 0 aliphatic rings. The number of nitrogens with zero attached hydrogens (tertiary/aromatic N) is 2. The maximum absolute atomic E-state index is 13.3. The summed E-state index contributed by atoms with van der Waals surface area (Å²) in [6.07, 6.45) is -6.17. The summed E-state index contributed by atoms with van der Waals surface area (Å²) in [6.45, 7) is 11.4. The normalized spacial score (nSPS) is 15.4. The van der Waals surface area contributed by atoms with Crippen LogP contribution in [0.25, 0.3) is 0 Å². The third-order valence-corrected chi connectivity index (χ3v) is 5.24. The van der Waals surface area contributed by atoms with Gasteiger partial charge in [0.15, 0.2) is 0 Å². The van der Waals surface area contributed by atoms with Gasteiger partial charge in [-0.05, 0) is 66.2 Å². The number of alkyl halides is 3. The first-order valence-corrected chi connectivity index (χ1v) is 9.40. The van der Waals surface area contributed by atoms with E-state index in [4.69, 9.17) is 0 Å². The lowest BCUT2D eigenvalue weighted by Gasteiger charge is -2.33. The van der Waals surface area contributed by atoms with Gasteiger partial charge < -0.3 is 9.66 Å². The maximum Gasteiger partial charge on any atom is 0.433 e. The monoisotopic (exact) mass is 409 g/mol. The molecule has 0 aliphatic heterocycles. The van der Waals surface area contributed by atoms with Crippen LogP contribution in [0.4, 0.5) is 23.8 Å². The molecule has 0 saturated carbocycles. The third-order valence-electron chi connectivity index (χ3n) is 3.56. The van der Waals surface area contributed by atoms with Crippen LogP contribution in [0.5, 0.6) is 0 Å². The Morgan fingerprint density at radius 3 is 2.11 bits per heavy atom. The zero-order chi connectivity index (χ0) is 21.4. The van der Waals surface area contributed by atoms with Gasteiger partial charge in [0.2, 0.25) is 0 Å². The van der Waals surface area contributed by atoms with E-state index in [-0.39, 0.29) is 11.4 Å². The van der Waals surface area contributed by atoms with Gasteiger partial charge in [0.1, 0.15) is 16.3 Å². The van der Waals surface area contributed by atoms with Crippen LogP contribution in [0.2, 0.25) is 0 Å². The zero-order valence-electron chi connectivity index (χ0n) is 16.4. The first-order chi connectivity index (χ1) is 11.9. The fraction of sp³-hybridized carbons (Fsp3) is 0.647. The minimum atomic E-state index is -4.75. The lowest BCUT2D eigenvalue weighted by molar-refractivity contribution is -0.141. The molecular weight excluding hydrogens is 383 g/mol. The molecule has 0 radical (unpaired) electrons. The number of halogens is 3. The van der Waals surface area contributed by atoms with Gasteiger partial charge in [0.25, 0.3) is 0 Å². The minimum absolute atomic E-state index is 0.139. The summed E-state index contributed by atoms with van der Waals surface area (Å²) in [5, 5.41) is 9.48. The molecular formula is C17H26F3N3O3S. The molecule has 154 valence electrons. The molecule has 2 atom stereocenters. The van der Waals surface area contributed by atoms with Crippen molar-refractivity contribution in [1.29, 1.82) is 0 Å². The van der Waals surface area contributed by atoms with Crippen molar-refractivity contribution in [1.82, 2.24) is 9.71 Å². The van der Waals surface area contributed by atoms with E-state index in [1.807, 2.05) is 0 Å². The van der Waals surface area contributed by atoms with Crippen LogP contribution in [-0.4, -0.2) is 31.0 Å². The van der Waals surface area contributed by atoms with E-state index in [0.29, 0.717) is 0 Å². The van der Waals surface area contributed by atoms with Crippen molar-refractivity contribution in [3.8, 4) is 0 Å². The lowest BCUT2D eigenvalue weighted by atomic mass is 10.0. The molecule has 0 fully saturated rings. The molecule has 0 aromatic carbocycles. The van der Waals surface area contributed by atoms with Crippen LogP contribution in [0.15, 0.2) is 12.1 Å². The van der Waals surface area contributed by atoms with Crippen molar-refractivity contribution in [3.63, 3.8) is 0 Å². The van der Waals surface area contributed by atoms with E-state index in [2.05, 4.69) is 9.71 Å². The Labute approximate surface area is 160 Å². The van der Waals surface area contributed by atoms with Gasteiger partial charge in [0, 0.05) is 16.9 Å². The molecule has 0 bridgehead atoms. The summed E-state index contributed by atoms with van der Waals surface area (Å²) in [4.78, 5) is 15.9. The van der Waals surface area contributed by atoms with Gasteiger partial charge in [-0.15, -0.1) is 4.72 Å². The van der Waals surface area contributed by atoms with Crippen molar-refractivity contribution in [2.24, 2.45) is 0 Å². The minimum Gasteiger partial charge on any atom is -0.598 e. The highest BCUT2D eigenvalue weighted by molar-refractivity contribution is 7.90. The highest BCUT2D eigenvalue weighted by atomic mass is 32.2. The van der Waals surface area contributed by atoms with Gasteiger partial charge >= 0.3 is 12.3 Å². The maximum atomic E-state index is 13.3. The molecule has 6 nitrogen and oxygen atoms in total. The highest BCUT2D eigenvalue weighted by Gasteiger charge is 2.37. The molecule has 1 heterocycles. The van der Waals surface area contributed by atoms with E-state index >= 15 is 0 Å². The molecule has 2 N–H and O–H groups in total. The van der Waals surface area contributed by atoms with E-state index in [9.17, 15) is 27.6 Å². The molecule has 0 aliphatic carbocycles. The Balaban J connectivity index is 3.47. The molecule has 1 aromatic heterocycles. The Kier molecular flexibility index (Phi) is 6.83. The van der Waals surface area contributed by atoms with Crippen LogP contribution < -0.4 is 9.62 Å². The van der Waals surface area contributed by atoms with Gasteiger partial charge in [0.05, 0.1) is 6.04 Å². The van der Waals surface area contributed by atoms with Gasteiger partial charge in [-0.2, -0.15) is 13.2 Å². The fourth-order valence-corrected chi connectivity index (χ4v) is 2.99. The number of nitrogens with one attached hydrogen (secondary N) is 1. The summed E-state index contributed by atoms with van der Waals surface area (Å²) in [5.74, 6) is -0.338. The molecule has 1 aromatic rings. The summed E-state index contributed by atoms with van der Waals surface area (Å²) < 4.78 is 54.4. The summed E-state index contributed by atoms with van der Waals surface area (Å²) in [5.41, 5.74) is -2.08. The summed E-state index contributed by atoms with van der Waals surface area (Å²) >= 11 is -1.52. The number of aromatic nitrogens is 1. The van der Waals surface area contributed by atoms with Gasteiger partial charge in [-0.3, -0.25) is 4.90 Å². The molecule has 2 unspecified atom stereocenters. The molecule has 0 spiro atoms. The number of rotatable bonds is 4. The molecule has 1 amide bonds. The number of anilines is 1. The second-order valence-corrected chi connectivity index (χ2v) is 10.1. The second-order valence-electron chi connectivity index (χ2n) is 8.15. The SMILES string of the molecule is CC(N[S+]([O-])C(C)(C)C)c1cc(N(C(=O)O)C(C)(C)C)nc(C(F)(F)F)c1. The standard InChI is InChI=1S/C17H26F3N3O3S/c1-10(22-27(26)16(5,6)7)11-8-12(17(18,19)20)21-13(9-11)23(14(24)25)15(2,3)4/h8-10,22H,1-7H3,(H,24,25). The van der Waals surface area contributed by atoms with Crippen LogP contribution in [0.3, 0.4) is 0 Å². The number of carbonyl (C=O) groups is 1. The van der Waals surface area contributed by atoms with Gasteiger partial charge in [-0.1, -0.05) is 0 Å². The van der Waals surface area contributed by atoms with Crippen LogP contribution in [0.1, 0.15) is 65.8 Å². The molecule has 27 heavy (non-hydrogen) atoms. The van der Waals surface area contributed by atoms with Crippen LogP contribution in [-0.2, 0) is 17.5 Å². The van der Waals surface area contributed by atoms with Crippen LogP contribution >= 0.6 is 0 Å². The predicted molar refractivity (Wildman–Crippen MR) is 98.9 cm³/mol. The smallest absolute Gasteiger partial charge is 0.433 e. The number of pyridine rings is 1. The first-order valence-electron chi connectivity index (χ1n) is 8.25. The number of carboxylic acid groups (broad SMARTS) is 1. The van der Waals surface area contributed by atoms with E-state index in [0.717, 1.165) is 11.0 Å². The van der Waals surface area contributed by atoms with E-state index in [1.165, 1.54) is 6.07 Å². The van der Waals surface area contributed by atoms with Crippen molar-refractivity contribution in [2.45, 2.75) is 71.0 Å². The van der Waals surface area contributed by atoms with Gasteiger partial charge in [-0.25, -0.2) is 9.78 Å². The van der Waals surface area contributed by atoms with E-state index < -0.39 is 45.7 Å². The Morgan fingerprint density at radius 1 is 1.22 bits per heavy atom. The first kappa shape index (κ1) is 23.5. The third kappa shape index (κ3) is 6.25. The fourth-order valence-electron chi connectivity index (χ4n) is 2.18. The molecule has 1 rings (SSSR count). The lowest BCUT2D eigenvalue weighted by Crippen LogP contribution is -2.46. The quantitative estimate of drug-likeness (QED) is 0.715. The van der Waals surface area contributed by atoms with Crippen molar-refractivity contribution in [2.75, 3.05) is 4.90 Å². The average Bonchev–Trinajstić information content (AvgIpc) is 2.42. The largest absolute Gasteiger partial charge is 0.598 e. The number of hydrogen-bond acceptors (Lipinski definition) is 4. The zero-order valence-corrected chi connectivity index (χ0v) is 17.2. The second kappa shape index (κ2) is 7.84. The Bertz CT molecular complexity index is 685. The van der Waals surface area contributed by atoms with Crippen molar-refractivity contribution >= 4 is 23.3 Å². The Hall–Kier alpha value is -1.52. The highest BCUT2D eigenvalue weighted by Crippen LogP contribution is 2.34.